The van der Waals surface area contributed by atoms with E-state index in [1.54, 1.807) is 24.3 Å². The third-order valence-electron chi connectivity index (χ3n) is 4.00. The fourth-order valence-electron chi connectivity index (χ4n) is 2.89. The second-order valence-corrected chi connectivity index (χ2v) is 6.69. The molecule has 2 amide bonds. The van der Waals surface area contributed by atoms with Gasteiger partial charge in [-0.25, -0.2) is 0 Å². The highest BCUT2D eigenvalue weighted by Crippen LogP contribution is 2.47. The zero-order valence-corrected chi connectivity index (χ0v) is 11.2. The number of fused-ring (bicyclic) bond motifs is 1. The summed E-state index contributed by atoms with van der Waals surface area (Å²) in [7, 11) is -4.77. The number of carbonyl (C=O) groups excluding carboxylic acids is 2. The molecule has 5 nitrogen and oxygen atoms in total. The fourth-order valence-corrected chi connectivity index (χ4v) is 3.99. The van der Waals surface area contributed by atoms with Crippen LogP contribution in [-0.4, -0.2) is 30.4 Å². The van der Waals surface area contributed by atoms with Gasteiger partial charge in [0.2, 0.25) is 11.8 Å². The van der Waals surface area contributed by atoms with Crippen molar-refractivity contribution in [2.45, 2.75) is 18.2 Å². The summed E-state index contributed by atoms with van der Waals surface area (Å²) in [4.78, 5) is 25.2. The van der Waals surface area contributed by atoms with Crippen molar-refractivity contribution >= 4 is 22.0 Å². The number of rotatable bonds is 3. The summed E-state index contributed by atoms with van der Waals surface area (Å²) < 4.78 is 34.9. The Morgan fingerprint density at radius 2 is 1.80 bits per heavy atom. The monoisotopic (exact) mass is 297 g/mol. The van der Waals surface area contributed by atoms with E-state index in [2.05, 4.69) is 0 Å². The molecule has 0 N–H and O–H groups in total. The molecule has 1 heterocycles. The van der Waals surface area contributed by atoms with Crippen LogP contribution in [0.5, 0.6) is 0 Å². The Hall–Kier alpha value is -1.76. The molecule has 0 radical (unpaired) electrons. The van der Waals surface area contributed by atoms with Crippen LogP contribution in [-0.2, 0) is 26.4 Å². The maximum atomic E-state index is 13.0. The van der Waals surface area contributed by atoms with E-state index in [4.69, 9.17) is 0 Å². The van der Waals surface area contributed by atoms with Crippen molar-refractivity contribution in [3.05, 3.63) is 35.9 Å². The van der Waals surface area contributed by atoms with Crippen molar-refractivity contribution in [1.82, 2.24) is 4.90 Å². The van der Waals surface area contributed by atoms with Gasteiger partial charge in [0.05, 0.1) is 18.4 Å². The van der Waals surface area contributed by atoms with E-state index in [0.29, 0.717) is 0 Å². The first-order valence-electron chi connectivity index (χ1n) is 6.22. The molecule has 0 unspecified atom stereocenters. The van der Waals surface area contributed by atoms with E-state index in [1.165, 1.54) is 0 Å². The molecule has 1 saturated carbocycles. The van der Waals surface area contributed by atoms with Gasteiger partial charge in [-0.05, 0) is 12.0 Å². The van der Waals surface area contributed by atoms with Gasteiger partial charge in [0, 0.05) is 0 Å². The molecule has 7 heteroatoms. The molecule has 2 aliphatic rings. The van der Waals surface area contributed by atoms with E-state index in [-0.39, 0.29) is 13.0 Å². The van der Waals surface area contributed by atoms with Gasteiger partial charge < -0.3 is 0 Å². The number of benzene rings is 1. The summed E-state index contributed by atoms with van der Waals surface area (Å²) in [6, 6.07) is 8.91. The Bertz CT molecular complexity index is 673. The average molecular weight is 297 g/mol. The van der Waals surface area contributed by atoms with E-state index < -0.39 is 39.1 Å². The molecule has 106 valence electrons. The highest BCUT2D eigenvalue weighted by atomic mass is 32.3. The third-order valence-corrected chi connectivity index (χ3v) is 5.21. The summed E-state index contributed by atoms with van der Waals surface area (Å²) in [6.45, 7) is 0.102. The van der Waals surface area contributed by atoms with Crippen molar-refractivity contribution in [2.75, 3.05) is 0 Å². The normalized spacial score (nSPS) is 29.2. The number of imide groups is 1. The van der Waals surface area contributed by atoms with Gasteiger partial charge in [-0.1, -0.05) is 30.3 Å². The molecule has 2 fully saturated rings. The second kappa shape index (κ2) is 4.37. The SMILES string of the molecule is O=C1[C@H]2[C@H](S(=O)(=O)F)C[C@H]2C(=O)N1Cc1ccccc1. The van der Waals surface area contributed by atoms with E-state index in [1.807, 2.05) is 6.07 Å². The standard InChI is InChI=1S/C13H12FNO4S/c14-20(18,19)10-6-9-11(10)13(17)15(12(9)16)7-8-4-2-1-3-5-8/h1-5,9-11H,6-7H2/t9-,10-,11-/m1/s1. The highest BCUT2D eigenvalue weighted by Gasteiger charge is 2.62. The average Bonchev–Trinajstić information content (AvgIpc) is 2.48. The molecule has 1 aliphatic carbocycles. The van der Waals surface area contributed by atoms with Gasteiger partial charge in [0.25, 0.3) is 0 Å². The van der Waals surface area contributed by atoms with E-state index in [9.17, 15) is 21.9 Å². The molecule has 1 aliphatic heterocycles. The third kappa shape index (κ3) is 1.93. The Kier molecular flexibility index (Phi) is 2.89. The van der Waals surface area contributed by atoms with Gasteiger partial charge in [-0.3, -0.25) is 14.5 Å². The van der Waals surface area contributed by atoms with Crippen molar-refractivity contribution in [3.63, 3.8) is 0 Å². The number of amides is 2. The summed E-state index contributed by atoms with van der Waals surface area (Å²) in [5.41, 5.74) is 0.773. The van der Waals surface area contributed by atoms with Crippen LogP contribution in [0.2, 0.25) is 0 Å². The Labute approximate surface area is 115 Å². The van der Waals surface area contributed by atoms with Crippen LogP contribution in [0, 0.1) is 11.8 Å². The van der Waals surface area contributed by atoms with Gasteiger partial charge in [-0.2, -0.15) is 8.42 Å². The van der Waals surface area contributed by atoms with Crippen molar-refractivity contribution < 1.29 is 21.9 Å². The van der Waals surface area contributed by atoms with Crippen molar-refractivity contribution in [3.8, 4) is 0 Å². The van der Waals surface area contributed by atoms with Gasteiger partial charge in [0.1, 0.15) is 5.25 Å². The molecule has 3 rings (SSSR count). The van der Waals surface area contributed by atoms with Crippen LogP contribution < -0.4 is 0 Å². The van der Waals surface area contributed by atoms with Crippen LogP contribution in [0.25, 0.3) is 0 Å². The minimum absolute atomic E-state index is 0.0979. The summed E-state index contributed by atoms with van der Waals surface area (Å²) in [5, 5.41) is -1.36. The Morgan fingerprint density at radius 3 is 2.40 bits per heavy atom. The summed E-state index contributed by atoms with van der Waals surface area (Å²) in [5.74, 6) is -2.70. The summed E-state index contributed by atoms with van der Waals surface area (Å²) in [6.07, 6.45) is -0.0979. The van der Waals surface area contributed by atoms with Crippen molar-refractivity contribution in [1.29, 1.82) is 0 Å². The van der Waals surface area contributed by atoms with Gasteiger partial charge in [-0.15, -0.1) is 3.89 Å². The Balaban J connectivity index is 1.82. The molecular weight excluding hydrogens is 285 g/mol. The first-order chi connectivity index (χ1) is 9.39. The molecule has 0 bridgehead atoms. The molecule has 3 atom stereocenters. The van der Waals surface area contributed by atoms with Gasteiger partial charge in [0.15, 0.2) is 0 Å². The second-order valence-electron chi connectivity index (χ2n) is 5.13. The number of halogens is 1. The minimum atomic E-state index is -4.77. The first kappa shape index (κ1) is 13.2. The molecule has 1 aromatic carbocycles. The van der Waals surface area contributed by atoms with Crippen LogP contribution in [0.15, 0.2) is 30.3 Å². The predicted octanol–water partition coefficient (Wildman–Crippen LogP) is 0.859. The lowest BCUT2D eigenvalue weighted by Crippen LogP contribution is -2.46. The molecule has 1 saturated heterocycles. The lowest BCUT2D eigenvalue weighted by Gasteiger charge is -2.32. The van der Waals surface area contributed by atoms with E-state index in [0.717, 1.165) is 10.5 Å². The molecule has 20 heavy (non-hydrogen) atoms. The van der Waals surface area contributed by atoms with Crippen LogP contribution in [0.3, 0.4) is 0 Å². The maximum Gasteiger partial charge on any atom is 0.306 e. The number of hydrogen-bond acceptors (Lipinski definition) is 4. The first-order valence-corrected chi connectivity index (χ1v) is 7.67. The minimum Gasteiger partial charge on any atom is -0.278 e. The fraction of sp³-hybridized carbons (Fsp3) is 0.385. The quantitative estimate of drug-likeness (QED) is 0.613. The molecule has 0 aromatic heterocycles. The predicted molar refractivity (Wildman–Crippen MR) is 67.4 cm³/mol. The molecule has 1 aromatic rings. The number of likely N-dealkylation sites (tertiary alicyclic amines) is 1. The zero-order chi connectivity index (χ0) is 14.5. The highest BCUT2D eigenvalue weighted by molar-refractivity contribution is 7.87. The van der Waals surface area contributed by atoms with Gasteiger partial charge >= 0.3 is 10.2 Å². The zero-order valence-electron chi connectivity index (χ0n) is 10.4. The smallest absolute Gasteiger partial charge is 0.278 e. The van der Waals surface area contributed by atoms with Crippen LogP contribution in [0.1, 0.15) is 12.0 Å². The van der Waals surface area contributed by atoms with E-state index >= 15 is 0 Å². The Morgan fingerprint density at radius 1 is 1.15 bits per heavy atom. The van der Waals surface area contributed by atoms with Crippen LogP contribution in [0.4, 0.5) is 3.89 Å². The molecular formula is C13H12FNO4S. The van der Waals surface area contributed by atoms with Crippen molar-refractivity contribution in [2.24, 2.45) is 11.8 Å². The summed E-state index contributed by atoms with van der Waals surface area (Å²) >= 11 is 0. The topological polar surface area (TPSA) is 71.5 Å². The lowest BCUT2D eigenvalue weighted by atomic mass is 9.75. The molecule has 0 spiro atoms. The number of hydrogen-bond donors (Lipinski definition) is 0. The number of nitrogens with zero attached hydrogens (tertiary/aromatic N) is 1. The number of carbonyl (C=O) groups is 2. The maximum absolute atomic E-state index is 13.0. The van der Waals surface area contributed by atoms with Crippen LogP contribution >= 0.6 is 0 Å². The largest absolute Gasteiger partial charge is 0.306 e. The lowest BCUT2D eigenvalue weighted by molar-refractivity contribution is -0.140.